The Morgan fingerprint density at radius 2 is 0.919 bits per heavy atom. The number of aliphatic hydroxyl groups excluding tert-OH is 2. The van der Waals surface area contributed by atoms with Crippen LogP contribution in [0.25, 0.3) is 0 Å². The molecule has 0 aliphatic rings. The van der Waals surface area contributed by atoms with Crippen molar-refractivity contribution in [2.75, 3.05) is 33.0 Å². The molecule has 0 aliphatic heterocycles. The van der Waals surface area contributed by atoms with Crippen LogP contribution < -0.4 is 0 Å². The van der Waals surface area contributed by atoms with Gasteiger partial charge in [0, 0.05) is 13.0 Å². The second-order valence-corrected chi connectivity index (χ2v) is 17.9. The molecule has 0 amide bonds. The van der Waals surface area contributed by atoms with Crippen LogP contribution in [0.4, 0.5) is 0 Å². The van der Waals surface area contributed by atoms with Crippen molar-refractivity contribution in [3.8, 4) is 0 Å². The predicted molar refractivity (Wildman–Crippen MR) is 260 cm³/mol. The van der Waals surface area contributed by atoms with E-state index in [0.717, 1.165) is 89.9 Å². The summed E-state index contributed by atoms with van der Waals surface area (Å²) in [5.74, 6) is -0.391. The van der Waals surface area contributed by atoms with Gasteiger partial charge in [0.25, 0.3) is 0 Å². The fourth-order valence-corrected chi connectivity index (χ4v) is 7.40. The summed E-state index contributed by atoms with van der Waals surface area (Å²) in [6, 6.07) is 0. The van der Waals surface area contributed by atoms with E-state index in [0.29, 0.717) is 6.61 Å². The van der Waals surface area contributed by atoms with E-state index < -0.39 is 39.2 Å². The Bertz CT molecular complexity index is 1190. The minimum absolute atomic E-state index is 0.0408. The first-order chi connectivity index (χ1) is 30.3. The largest absolute Gasteiger partial charge is 0.472 e. The second-order valence-electron chi connectivity index (χ2n) is 16.4. The molecule has 0 saturated heterocycles. The molecule has 3 N–H and O–H groups in total. The third-order valence-corrected chi connectivity index (χ3v) is 11.3. The number of phosphoric ester groups is 1. The highest BCUT2D eigenvalue weighted by Gasteiger charge is 2.26. The Hall–Kier alpha value is -2.10. The molecule has 62 heavy (non-hydrogen) atoms. The van der Waals surface area contributed by atoms with Gasteiger partial charge in [0.2, 0.25) is 0 Å². The maximum atomic E-state index is 12.7. The van der Waals surface area contributed by atoms with E-state index >= 15 is 0 Å². The zero-order valence-corrected chi connectivity index (χ0v) is 40.5. The molecular weight excluding hydrogens is 800 g/mol. The lowest BCUT2D eigenvalue weighted by Gasteiger charge is -2.20. The number of unbranched alkanes of at least 4 members (excludes halogenated alkanes) is 21. The van der Waals surface area contributed by atoms with Crippen LogP contribution in [-0.2, 0) is 27.9 Å². The average molecular weight is 893 g/mol. The molecule has 0 heterocycles. The highest BCUT2D eigenvalue weighted by Crippen LogP contribution is 2.43. The number of hydrogen-bond acceptors (Lipinski definition) is 8. The molecule has 360 valence electrons. The number of rotatable bonds is 47. The van der Waals surface area contributed by atoms with E-state index in [1.165, 1.54) is 96.3 Å². The van der Waals surface area contributed by atoms with Gasteiger partial charge in [0.05, 0.1) is 26.4 Å². The first-order valence-electron chi connectivity index (χ1n) is 24.9. The summed E-state index contributed by atoms with van der Waals surface area (Å²) in [6.45, 7) is 3.37. The third-order valence-electron chi connectivity index (χ3n) is 10.4. The van der Waals surface area contributed by atoms with Gasteiger partial charge in [-0.3, -0.25) is 13.8 Å². The van der Waals surface area contributed by atoms with Gasteiger partial charge in [-0.15, -0.1) is 0 Å². The summed E-state index contributed by atoms with van der Waals surface area (Å²) in [5.41, 5.74) is 0. The first-order valence-corrected chi connectivity index (χ1v) is 26.4. The van der Waals surface area contributed by atoms with Crippen molar-refractivity contribution in [3.05, 3.63) is 72.9 Å². The van der Waals surface area contributed by atoms with Gasteiger partial charge in [0.15, 0.2) is 0 Å². The summed E-state index contributed by atoms with van der Waals surface area (Å²) in [7, 11) is -4.53. The van der Waals surface area contributed by atoms with Crippen LogP contribution in [0.15, 0.2) is 72.9 Å². The average Bonchev–Trinajstić information content (AvgIpc) is 3.26. The molecule has 0 rings (SSSR count). The minimum Gasteiger partial charge on any atom is -0.457 e. The molecule has 10 heteroatoms. The van der Waals surface area contributed by atoms with Gasteiger partial charge in [-0.1, -0.05) is 189 Å². The van der Waals surface area contributed by atoms with Crippen molar-refractivity contribution in [2.45, 2.75) is 219 Å². The van der Waals surface area contributed by atoms with Gasteiger partial charge in [-0.2, -0.15) is 0 Å². The molecule has 0 radical (unpaired) electrons. The predicted octanol–water partition coefficient (Wildman–Crippen LogP) is 14.5. The van der Waals surface area contributed by atoms with Crippen molar-refractivity contribution >= 4 is 13.8 Å². The quantitative estimate of drug-likeness (QED) is 0.0236. The number of hydrogen-bond donors (Lipinski definition) is 3. The summed E-state index contributed by atoms with van der Waals surface area (Å²) in [4.78, 5) is 22.7. The monoisotopic (exact) mass is 893 g/mol. The molecule has 3 unspecified atom stereocenters. The van der Waals surface area contributed by atoms with Crippen molar-refractivity contribution in [3.63, 3.8) is 0 Å². The Kier molecular flexibility index (Phi) is 46.7. The van der Waals surface area contributed by atoms with Crippen LogP contribution in [-0.4, -0.2) is 66.3 Å². The fourth-order valence-electron chi connectivity index (χ4n) is 6.61. The van der Waals surface area contributed by atoms with E-state index in [-0.39, 0.29) is 19.6 Å². The maximum absolute atomic E-state index is 12.7. The molecule has 0 aromatic heterocycles. The summed E-state index contributed by atoms with van der Waals surface area (Å²) in [6.07, 6.45) is 58.6. The highest BCUT2D eigenvalue weighted by molar-refractivity contribution is 7.47. The fraction of sp³-hybridized carbons (Fsp3) is 0.750. The number of ether oxygens (including phenoxy) is 2. The lowest BCUT2D eigenvalue weighted by molar-refractivity contribution is -0.154. The normalized spacial score (nSPS) is 14.5. The topological polar surface area (TPSA) is 132 Å². The molecule has 0 aliphatic carbocycles. The van der Waals surface area contributed by atoms with Gasteiger partial charge in [0.1, 0.15) is 12.2 Å². The molecule has 0 spiro atoms. The number of esters is 1. The zero-order chi connectivity index (χ0) is 45.3. The van der Waals surface area contributed by atoms with Crippen molar-refractivity contribution in [1.29, 1.82) is 0 Å². The first kappa shape index (κ1) is 59.9. The molecule has 0 fully saturated rings. The number of carbonyl (C=O) groups excluding carboxylic acids is 1. The Labute approximate surface area is 380 Å². The van der Waals surface area contributed by atoms with Gasteiger partial charge in [-0.25, -0.2) is 4.57 Å². The van der Waals surface area contributed by atoms with E-state index in [1.807, 2.05) is 0 Å². The van der Waals surface area contributed by atoms with Gasteiger partial charge >= 0.3 is 13.8 Å². The summed E-state index contributed by atoms with van der Waals surface area (Å²) >= 11 is 0. The molecule has 0 aromatic carbocycles. The van der Waals surface area contributed by atoms with Crippen LogP contribution in [0.1, 0.15) is 206 Å². The van der Waals surface area contributed by atoms with Crippen LogP contribution >= 0.6 is 7.82 Å². The van der Waals surface area contributed by atoms with E-state index in [4.69, 9.17) is 23.6 Å². The van der Waals surface area contributed by atoms with Gasteiger partial charge < -0.3 is 24.6 Å². The Balaban J connectivity index is 4.11. The van der Waals surface area contributed by atoms with Crippen LogP contribution in [0.2, 0.25) is 0 Å². The van der Waals surface area contributed by atoms with E-state index in [1.54, 1.807) is 0 Å². The Morgan fingerprint density at radius 3 is 1.39 bits per heavy atom. The molecule has 0 bridgehead atoms. The molecule has 0 aromatic rings. The van der Waals surface area contributed by atoms with E-state index in [9.17, 15) is 19.4 Å². The van der Waals surface area contributed by atoms with Crippen molar-refractivity contribution in [1.82, 2.24) is 0 Å². The summed E-state index contributed by atoms with van der Waals surface area (Å²) < 4.78 is 33.5. The van der Waals surface area contributed by atoms with Crippen molar-refractivity contribution < 1.29 is 43.0 Å². The van der Waals surface area contributed by atoms with Gasteiger partial charge in [-0.05, 0) is 83.5 Å². The molecule has 3 atom stereocenters. The second kappa shape index (κ2) is 48.4. The lowest BCUT2D eigenvalue weighted by atomic mass is 10.0. The van der Waals surface area contributed by atoms with Crippen LogP contribution in [0.5, 0.6) is 0 Å². The number of carbonyl (C=O) groups is 1. The highest BCUT2D eigenvalue weighted by atomic mass is 31.2. The molecule has 9 nitrogen and oxygen atoms in total. The number of aliphatic hydroxyl groups is 2. The zero-order valence-electron chi connectivity index (χ0n) is 39.6. The smallest absolute Gasteiger partial charge is 0.457 e. The SMILES string of the molecule is CC/C=C\C/C=C\C/C=C\C/C=C\CCCCCCCCCCCCC(=O)OC(COCCCCCCCCCC/C=C\C/C=C\CCCCC)COP(=O)(O)OCC(O)CO. The lowest BCUT2D eigenvalue weighted by Crippen LogP contribution is -2.29. The Morgan fingerprint density at radius 1 is 0.516 bits per heavy atom. The number of allylic oxidation sites excluding steroid dienone is 12. The molecule has 0 saturated carbocycles. The summed E-state index contributed by atoms with van der Waals surface area (Å²) in [5, 5.41) is 18.4. The minimum atomic E-state index is -4.53. The van der Waals surface area contributed by atoms with E-state index in [2.05, 4.69) is 86.8 Å². The third kappa shape index (κ3) is 47.4. The van der Waals surface area contributed by atoms with Crippen LogP contribution in [0, 0.1) is 0 Å². The standard InChI is InChI=1S/C52H93O9P/c1-3-5-7-9-11-13-15-17-19-21-23-24-25-26-27-28-30-32-34-36-38-40-42-44-52(55)61-51(49-60-62(56,57)59-47-50(54)46-53)48-58-45-43-41-39-37-35-33-31-29-22-20-18-16-14-12-10-8-6-4-2/h5,7,11-14,17-20,23-24,50-51,53-54H,3-4,6,8-10,15-16,21-22,25-49H2,1-2H3,(H,56,57)/b7-5-,13-11-,14-12-,19-17-,20-18-,24-23-. The maximum Gasteiger partial charge on any atom is 0.472 e. The van der Waals surface area contributed by atoms with Crippen molar-refractivity contribution in [2.24, 2.45) is 0 Å². The molecular formula is C52H93O9P. The van der Waals surface area contributed by atoms with Crippen LogP contribution in [0.3, 0.4) is 0 Å². The number of phosphoric acid groups is 1.